The number of nitro groups is 2. The first kappa shape index (κ1) is 24.0. The Hall–Kier alpha value is -4.65. The molecule has 12 nitrogen and oxygen atoms in total. The normalized spacial score (nSPS) is 11.2. The van der Waals surface area contributed by atoms with Crippen molar-refractivity contribution < 1.29 is 23.1 Å². The van der Waals surface area contributed by atoms with Crippen molar-refractivity contribution in [3.05, 3.63) is 105 Å². The van der Waals surface area contributed by atoms with Crippen LogP contribution in [0.5, 0.6) is 0 Å². The molecule has 34 heavy (non-hydrogen) atoms. The predicted octanol–water partition coefficient (Wildman–Crippen LogP) is 2.85. The maximum atomic E-state index is 13.3. The van der Waals surface area contributed by atoms with E-state index in [1.807, 2.05) is 0 Å². The molecule has 0 bridgehead atoms. The number of non-ortho nitro benzene ring substituents is 1. The van der Waals surface area contributed by atoms with Crippen molar-refractivity contribution in [3.63, 3.8) is 0 Å². The van der Waals surface area contributed by atoms with E-state index in [1.54, 1.807) is 18.2 Å². The fourth-order valence-corrected chi connectivity index (χ4v) is 4.50. The Bertz CT molecular complexity index is 1360. The van der Waals surface area contributed by atoms with Crippen LogP contribution in [0.2, 0.25) is 0 Å². The average Bonchev–Trinajstić information content (AvgIpc) is 2.83. The van der Waals surface area contributed by atoms with E-state index in [9.17, 15) is 33.4 Å². The van der Waals surface area contributed by atoms with Gasteiger partial charge in [-0.05, 0) is 18.2 Å². The number of carbonyl (C=O) groups is 1. The van der Waals surface area contributed by atoms with E-state index in [2.05, 4.69) is 10.5 Å². The number of hydrogen-bond donors (Lipinski definition) is 1. The Kier molecular flexibility index (Phi) is 7.28. The van der Waals surface area contributed by atoms with Crippen LogP contribution in [-0.2, 0) is 14.8 Å². The van der Waals surface area contributed by atoms with Gasteiger partial charge in [-0.15, -0.1) is 0 Å². The number of benzene rings is 3. The summed E-state index contributed by atoms with van der Waals surface area (Å²) in [6, 6.07) is 17.9. The van der Waals surface area contributed by atoms with Crippen molar-refractivity contribution in [2.75, 3.05) is 10.8 Å². The molecule has 13 heteroatoms. The van der Waals surface area contributed by atoms with Crippen molar-refractivity contribution >= 4 is 39.2 Å². The summed E-state index contributed by atoms with van der Waals surface area (Å²) in [5.41, 5.74) is 1.81. The summed E-state index contributed by atoms with van der Waals surface area (Å²) < 4.78 is 27.4. The van der Waals surface area contributed by atoms with Gasteiger partial charge in [0.15, 0.2) is 4.90 Å². The summed E-state index contributed by atoms with van der Waals surface area (Å²) in [4.78, 5) is 32.8. The number of para-hydroxylation sites is 2. The van der Waals surface area contributed by atoms with Gasteiger partial charge >= 0.3 is 0 Å². The highest BCUT2D eigenvalue weighted by Crippen LogP contribution is 2.29. The number of amides is 1. The zero-order valence-corrected chi connectivity index (χ0v) is 18.2. The quantitative estimate of drug-likeness (QED) is 0.277. The van der Waals surface area contributed by atoms with Crippen LogP contribution in [0, 0.1) is 20.2 Å². The van der Waals surface area contributed by atoms with Crippen LogP contribution in [0.1, 0.15) is 5.56 Å². The monoisotopic (exact) mass is 483 g/mol. The molecule has 0 fully saturated rings. The van der Waals surface area contributed by atoms with E-state index in [0.29, 0.717) is 5.56 Å². The number of nitro benzene ring substituents is 2. The predicted molar refractivity (Wildman–Crippen MR) is 123 cm³/mol. The molecular weight excluding hydrogens is 466 g/mol. The molecule has 0 aromatic heterocycles. The highest BCUT2D eigenvalue weighted by Gasteiger charge is 2.33. The molecule has 1 N–H and O–H groups in total. The topological polar surface area (TPSA) is 165 Å². The lowest BCUT2D eigenvalue weighted by molar-refractivity contribution is -0.387. The van der Waals surface area contributed by atoms with E-state index >= 15 is 0 Å². The first-order chi connectivity index (χ1) is 16.2. The van der Waals surface area contributed by atoms with Gasteiger partial charge in [-0.2, -0.15) is 5.10 Å². The second-order valence-corrected chi connectivity index (χ2v) is 8.55. The molecule has 0 radical (unpaired) electrons. The maximum Gasteiger partial charge on any atom is 0.289 e. The van der Waals surface area contributed by atoms with Crippen molar-refractivity contribution in [3.8, 4) is 0 Å². The van der Waals surface area contributed by atoms with Gasteiger partial charge in [0.1, 0.15) is 6.54 Å². The van der Waals surface area contributed by atoms with Gasteiger partial charge in [0, 0.05) is 23.8 Å². The fraction of sp³-hybridized carbons (Fsp3) is 0.0476. The van der Waals surface area contributed by atoms with Gasteiger partial charge in [-0.1, -0.05) is 42.5 Å². The number of hydrazone groups is 1. The van der Waals surface area contributed by atoms with Gasteiger partial charge in [0.05, 0.1) is 21.7 Å². The van der Waals surface area contributed by atoms with Crippen LogP contribution < -0.4 is 9.73 Å². The van der Waals surface area contributed by atoms with E-state index in [4.69, 9.17) is 0 Å². The molecule has 3 aromatic rings. The highest BCUT2D eigenvalue weighted by molar-refractivity contribution is 7.93. The molecule has 0 unspecified atom stereocenters. The second kappa shape index (κ2) is 10.3. The molecule has 174 valence electrons. The van der Waals surface area contributed by atoms with Crippen molar-refractivity contribution in [1.29, 1.82) is 0 Å². The highest BCUT2D eigenvalue weighted by atomic mass is 32.2. The Morgan fingerprint density at radius 2 is 1.62 bits per heavy atom. The first-order valence-electron chi connectivity index (χ1n) is 9.57. The van der Waals surface area contributed by atoms with Gasteiger partial charge in [0.25, 0.3) is 27.3 Å². The van der Waals surface area contributed by atoms with Gasteiger partial charge < -0.3 is 0 Å². The molecule has 3 rings (SSSR count). The van der Waals surface area contributed by atoms with Crippen LogP contribution >= 0.6 is 0 Å². The Morgan fingerprint density at radius 3 is 2.29 bits per heavy atom. The standard InChI is InChI=1S/C21H17N5O7S/c27-21(23-22-14-16-7-6-10-18(13-16)25(28)29)15-24(17-8-2-1-3-9-17)34(32,33)20-12-5-4-11-19(20)26(30)31/h1-14H,15H2,(H,23,27)/b22-14-. The van der Waals surface area contributed by atoms with Gasteiger partial charge in [-0.3, -0.25) is 29.3 Å². The molecule has 0 aliphatic rings. The number of anilines is 1. The second-order valence-electron chi connectivity index (χ2n) is 6.72. The Morgan fingerprint density at radius 1 is 0.941 bits per heavy atom. The number of nitrogens with one attached hydrogen (secondary N) is 1. The van der Waals surface area contributed by atoms with Crippen molar-refractivity contribution in [1.82, 2.24) is 5.43 Å². The van der Waals surface area contributed by atoms with Crippen LogP contribution in [0.15, 0.2) is 88.9 Å². The zero-order chi connectivity index (χ0) is 24.7. The lowest BCUT2D eigenvalue weighted by atomic mass is 10.2. The van der Waals surface area contributed by atoms with Crippen molar-refractivity contribution in [2.24, 2.45) is 5.10 Å². The third kappa shape index (κ3) is 5.58. The van der Waals surface area contributed by atoms with Gasteiger partial charge in [-0.25, -0.2) is 13.8 Å². The largest absolute Gasteiger partial charge is 0.289 e. The molecule has 0 saturated heterocycles. The SMILES string of the molecule is O=C(CN(c1ccccc1)S(=O)(=O)c1ccccc1[N+](=O)[O-])N/N=C\c1cccc([N+](=O)[O-])c1. The molecule has 0 aliphatic heterocycles. The van der Waals surface area contributed by atoms with Crippen LogP contribution in [-0.4, -0.2) is 36.9 Å². The maximum absolute atomic E-state index is 13.3. The van der Waals surface area contributed by atoms with Crippen LogP contribution in [0.3, 0.4) is 0 Å². The van der Waals surface area contributed by atoms with E-state index in [-0.39, 0.29) is 11.4 Å². The number of nitrogens with zero attached hydrogens (tertiary/aromatic N) is 4. The summed E-state index contributed by atoms with van der Waals surface area (Å²) in [7, 11) is -4.51. The van der Waals surface area contributed by atoms with E-state index in [1.165, 1.54) is 48.5 Å². The molecule has 0 aliphatic carbocycles. The molecule has 0 heterocycles. The number of rotatable bonds is 9. The Labute approximate surface area is 193 Å². The smallest absolute Gasteiger partial charge is 0.271 e. The fourth-order valence-electron chi connectivity index (χ4n) is 2.92. The van der Waals surface area contributed by atoms with E-state index < -0.39 is 42.9 Å². The zero-order valence-electron chi connectivity index (χ0n) is 17.3. The van der Waals surface area contributed by atoms with E-state index in [0.717, 1.165) is 22.7 Å². The molecular formula is C21H17N5O7S. The molecule has 0 atom stereocenters. The lowest BCUT2D eigenvalue weighted by Gasteiger charge is -2.23. The molecule has 0 spiro atoms. The molecule has 3 aromatic carbocycles. The first-order valence-corrected chi connectivity index (χ1v) is 11.0. The number of carbonyl (C=O) groups excluding carboxylic acids is 1. The summed E-state index contributed by atoms with van der Waals surface area (Å²) in [5.74, 6) is -0.840. The Balaban J connectivity index is 1.87. The van der Waals surface area contributed by atoms with Gasteiger partial charge in [0.2, 0.25) is 0 Å². The summed E-state index contributed by atoms with van der Waals surface area (Å²) in [6.07, 6.45) is 1.16. The summed E-state index contributed by atoms with van der Waals surface area (Å²) >= 11 is 0. The lowest BCUT2D eigenvalue weighted by Crippen LogP contribution is -2.39. The third-order valence-corrected chi connectivity index (χ3v) is 6.27. The van der Waals surface area contributed by atoms with Crippen LogP contribution in [0.25, 0.3) is 0 Å². The minimum absolute atomic E-state index is 0.110. The summed E-state index contributed by atoms with van der Waals surface area (Å²) in [5, 5.41) is 25.9. The number of sulfonamides is 1. The summed E-state index contributed by atoms with van der Waals surface area (Å²) in [6.45, 7) is -0.731. The molecule has 1 amide bonds. The van der Waals surface area contributed by atoms with Crippen molar-refractivity contribution in [2.45, 2.75) is 4.90 Å². The molecule has 0 saturated carbocycles. The third-order valence-electron chi connectivity index (χ3n) is 4.45. The van der Waals surface area contributed by atoms with Crippen LogP contribution in [0.4, 0.5) is 17.1 Å². The minimum Gasteiger partial charge on any atom is -0.271 e. The number of hydrogen-bond acceptors (Lipinski definition) is 8. The minimum atomic E-state index is -4.51. The average molecular weight is 483 g/mol.